The van der Waals surface area contributed by atoms with Crippen LogP contribution in [0.5, 0.6) is 5.75 Å². The highest BCUT2D eigenvalue weighted by Crippen LogP contribution is 2.23. The van der Waals surface area contributed by atoms with Crippen molar-refractivity contribution in [3.05, 3.63) is 29.3 Å². The Kier molecular flexibility index (Phi) is 5.01. The van der Waals surface area contributed by atoms with Crippen LogP contribution in [0.15, 0.2) is 18.2 Å². The van der Waals surface area contributed by atoms with Gasteiger partial charge in [0.1, 0.15) is 5.75 Å². The highest BCUT2D eigenvalue weighted by molar-refractivity contribution is 5.94. The van der Waals surface area contributed by atoms with Gasteiger partial charge in [-0.15, -0.1) is 0 Å². The molecular formula is C16H24N2O2. The van der Waals surface area contributed by atoms with E-state index in [-0.39, 0.29) is 11.7 Å². The monoisotopic (exact) mass is 276 g/mol. The fourth-order valence-electron chi connectivity index (χ4n) is 2.70. The number of rotatable bonds is 4. The van der Waals surface area contributed by atoms with Crippen LogP contribution in [0.3, 0.4) is 0 Å². The van der Waals surface area contributed by atoms with Crippen molar-refractivity contribution in [1.29, 1.82) is 0 Å². The highest BCUT2D eigenvalue weighted by Gasteiger charge is 2.23. The topological polar surface area (TPSA) is 52.6 Å². The number of carbonyl (C=O) groups is 1. The molecule has 0 saturated carbocycles. The molecule has 4 heteroatoms. The van der Waals surface area contributed by atoms with Crippen LogP contribution in [0.2, 0.25) is 0 Å². The molecule has 0 aliphatic carbocycles. The van der Waals surface area contributed by atoms with Crippen molar-refractivity contribution >= 4 is 5.91 Å². The number of aryl methyl sites for hydroxylation is 1. The molecule has 20 heavy (non-hydrogen) atoms. The number of amides is 1. The second-order valence-electron chi connectivity index (χ2n) is 5.63. The van der Waals surface area contributed by atoms with Crippen LogP contribution >= 0.6 is 0 Å². The SMILES string of the molecule is CNCCC1CCN(C(=O)c2ccc(C)c(O)c2)CC1. The molecular weight excluding hydrogens is 252 g/mol. The average molecular weight is 276 g/mol. The van der Waals surface area contributed by atoms with Crippen molar-refractivity contribution in [3.8, 4) is 5.75 Å². The molecule has 1 aliphatic heterocycles. The summed E-state index contributed by atoms with van der Waals surface area (Å²) in [6.45, 7) is 4.52. The summed E-state index contributed by atoms with van der Waals surface area (Å²) >= 11 is 0. The van der Waals surface area contributed by atoms with Gasteiger partial charge >= 0.3 is 0 Å². The van der Waals surface area contributed by atoms with Crippen LogP contribution in [0, 0.1) is 12.8 Å². The predicted octanol–water partition coefficient (Wildman–Crippen LogP) is 2.16. The lowest BCUT2D eigenvalue weighted by Gasteiger charge is -2.32. The summed E-state index contributed by atoms with van der Waals surface area (Å²) in [4.78, 5) is 14.3. The molecule has 1 saturated heterocycles. The van der Waals surface area contributed by atoms with Crippen molar-refractivity contribution in [2.75, 3.05) is 26.7 Å². The molecule has 110 valence electrons. The van der Waals surface area contributed by atoms with Crippen LogP contribution in [0.4, 0.5) is 0 Å². The lowest BCUT2D eigenvalue weighted by Crippen LogP contribution is -2.38. The molecule has 0 radical (unpaired) electrons. The number of nitrogens with one attached hydrogen (secondary N) is 1. The smallest absolute Gasteiger partial charge is 0.253 e. The zero-order valence-corrected chi connectivity index (χ0v) is 12.4. The molecule has 0 atom stereocenters. The van der Waals surface area contributed by atoms with E-state index in [1.165, 1.54) is 6.42 Å². The molecule has 0 aromatic heterocycles. The fourth-order valence-corrected chi connectivity index (χ4v) is 2.70. The Labute approximate surface area is 120 Å². The van der Waals surface area contributed by atoms with E-state index in [0.29, 0.717) is 5.56 Å². The number of aromatic hydroxyl groups is 1. The first-order valence-electron chi connectivity index (χ1n) is 7.35. The van der Waals surface area contributed by atoms with Gasteiger partial charge in [-0.1, -0.05) is 6.07 Å². The summed E-state index contributed by atoms with van der Waals surface area (Å²) in [6, 6.07) is 5.16. The molecule has 0 unspecified atom stereocenters. The van der Waals surface area contributed by atoms with E-state index in [9.17, 15) is 9.90 Å². The molecule has 1 aromatic rings. The number of benzene rings is 1. The Hall–Kier alpha value is -1.55. The highest BCUT2D eigenvalue weighted by atomic mass is 16.3. The molecule has 0 spiro atoms. The van der Waals surface area contributed by atoms with Crippen LogP contribution in [-0.2, 0) is 0 Å². The van der Waals surface area contributed by atoms with E-state index in [1.54, 1.807) is 18.2 Å². The van der Waals surface area contributed by atoms with Crippen LogP contribution in [0.1, 0.15) is 35.2 Å². The summed E-state index contributed by atoms with van der Waals surface area (Å²) < 4.78 is 0. The number of phenolic OH excluding ortho intramolecular Hbond substituents is 1. The first-order valence-corrected chi connectivity index (χ1v) is 7.35. The lowest BCUT2D eigenvalue weighted by atomic mass is 9.93. The Bertz CT molecular complexity index is 466. The molecule has 1 fully saturated rings. The summed E-state index contributed by atoms with van der Waals surface area (Å²) in [6.07, 6.45) is 3.33. The third-order valence-electron chi connectivity index (χ3n) is 4.16. The van der Waals surface area contributed by atoms with E-state index in [0.717, 1.165) is 44.0 Å². The normalized spacial score (nSPS) is 16.4. The summed E-state index contributed by atoms with van der Waals surface area (Å²) in [7, 11) is 1.97. The van der Waals surface area contributed by atoms with Crippen LogP contribution in [-0.4, -0.2) is 42.6 Å². The van der Waals surface area contributed by atoms with Gasteiger partial charge in [0.25, 0.3) is 5.91 Å². The van der Waals surface area contributed by atoms with Crippen molar-refractivity contribution in [1.82, 2.24) is 10.2 Å². The van der Waals surface area contributed by atoms with E-state index >= 15 is 0 Å². The van der Waals surface area contributed by atoms with Crippen molar-refractivity contribution in [2.24, 2.45) is 5.92 Å². The fraction of sp³-hybridized carbons (Fsp3) is 0.562. The quantitative estimate of drug-likeness (QED) is 0.886. The number of hydrogen-bond acceptors (Lipinski definition) is 3. The minimum absolute atomic E-state index is 0.0346. The maximum absolute atomic E-state index is 12.4. The van der Waals surface area contributed by atoms with Gasteiger partial charge in [0.15, 0.2) is 0 Å². The van der Waals surface area contributed by atoms with Gasteiger partial charge in [-0.05, 0) is 63.4 Å². The maximum atomic E-state index is 12.4. The van der Waals surface area contributed by atoms with Gasteiger partial charge in [-0.2, -0.15) is 0 Å². The standard InChI is InChI=1S/C16H24N2O2/c1-12-3-4-14(11-15(12)19)16(20)18-9-6-13(7-10-18)5-8-17-2/h3-4,11,13,17,19H,5-10H2,1-2H3. The molecule has 1 amide bonds. The van der Waals surface area contributed by atoms with Gasteiger partial charge in [0.05, 0.1) is 0 Å². The minimum atomic E-state index is 0.0346. The number of carbonyl (C=O) groups excluding carboxylic acids is 1. The third kappa shape index (κ3) is 3.51. The number of likely N-dealkylation sites (tertiary alicyclic amines) is 1. The third-order valence-corrected chi connectivity index (χ3v) is 4.16. The second kappa shape index (κ2) is 6.75. The van der Waals surface area contributed by atoms with Gasteiger partial charge in [0.2, 0.25) is 0 Å². The Balaban J connectivity index is 1.92. The lowest BCUT2D eigenvalue weighted by molar-refractivity contribution is 0.0686. The minimum Gasteiger partial charge on any atom is -0.508 e. The number of hydrogen-bond donors (Lipinski definition) is 2. The Morgan fingerprint density at radius 3 is 2.70 bits per heavy atom. The maximum Gasteiger partial charge on any atom is 0.253 e. The number of phenols is 1. The molecule has 1 aromatic carbocycles. The van der Waals surface area contributed by atoms with Gasteiger partial charge < -0.3 is 15.3 Å². The van der Waals surface area contributed by atoms with Gasteiger partial charge in [0, 0.05) is 18.7 Å². The number of nitrogens with zero attached hydrogens (tertiary/aromatic N) is 1. The molecule has 2 rings (SSSR count). The van der Waals surface area contributed by atoms with Crippen LogP contribution < -0.4 is 5.32 Å². The summed E-state index contributed by atoms with van der Waals surface area (Å²) in [5, 5.41) is 12.9. The Morgan fingerprint density at radius 1 is 1.40 bits per heavy atom. The van der Waals surface area contributed by atoms with E-state index in [4.69, 9.17) is 0 Å². The van der Waals surface area contributed by atoms with Crippen molar-refractivity contribution < 1.29 is 9.90 Å². The average Bonchev–Trinajstić information content (AvgIpc) is 2.48. The molecule has 2 N–H and O–H groups in total. The van der Waals surface area contributed by atoms with Gasteiger partial charge in [-0.3, -0.25) is 4.79 Å². The largest absolute Gasteiger partial charge is 0.508 e. The van der Waals surface area contributed by atoms with Crippen molar-refractivity contribution in [2.45, 2.75) is 26.2 Å². The van der Waals surface area contributed by atoms with Crippen molar-refractivity contribution in [3.63, 3.8) is 0 Å². The molecule has 1 heterocycles. The zero-order valence-electron chi connectivity index (χ0n) is 12.4. The second-order valence-corrected chi connectivity index (χ2v) is 5.63. The first kappa shape index (κ1) is 14.9. The van der Waals surface area contributed by atoms with E-state index in [1.807, 2.05) is 18.9 Å². The predicted molar refractivity (Wildman–Crippen MR) is 80.0 cm³/mol. The zero-order chi connectivity index (χ0) is 14.5. The molecule has 1 aliphatic rings. The van der Waals surface area contributed by atoms with Crippen LogP contribution in [0.25, 0.3) is 0 Å². The van der Waals surface area contributed by atoms with Gasteiger partial charge in [-0.25, -0.2) is 0 Å². The molecule has 0 bridgehead atoms. The first-order chi connectivity index (χ1) is 9.61. The van der Waals surface area contributed by atoms with E-state index in [2.05, 4.69) is 5.32 Å². The summed E-state index contributed by atoms with van der Waals surface area (Å²) in [5.74, 6) is 0.949. The molecule has 4 nitrogen and oxygen atoms in total. The van der Waals surface area contributed by atoms with E-state index < -0.39 is 0 Å². The summed E-state index contributed by atoms with van der Waals surface area (Å²) in [5.41, 5.74) is 1.38. The number of piperidine rings is 1. The Morgan fingerprint density at radius 2 is 2.10 bits per heavy atom.